The van der Waals surface area contributed by atoms with Gasteiger partial charge in [-0.05, 0) is 37.1 Å². The molecule has 0 spiro atoms. The van der Waals surface area contributed by atoms with Gasteiger partial charge in [0.1, 0.15) is 5.69 Å². The van der Waals surface area contributed by atoms with Crippen molar-refractivity contribution in [3.63, 3.8) is 0 Å². The molecule has 0 radical (unpaired) electrons. The number of rotatable bonds is 4. The van der Waals surface area contributed by atoms with Crippen molar-refractivity contribution in [1.82, 2.24) is 15.0 Å². The summed E-state index contributed by atoms with van der Waals surface area (Å²) in [5.74, 6) is 0.427. The highest BCUT2D eigenvalue weighted by atomic mass is 32.2. The Hall–Kier alpha value is -1.77. The summed E-state index contributed by atoms with van der Waals surface area (Å²) in [6.07, 6.45) is 3.41. The van der Waals surface area contributed by atoms with Gasteiger partial charge in [-0.2, -0.15) is 0 Å². The Labute approximate surface area is 123 Å². The van der Waals surface area contributed by atoms with Gasteiger partial charge in [-0.15, -0.1) is 5.10 Å². The zero-order valence-corrected chi connectivity index (χ0v) is 12.3. The molecule has 1 aromatic carbocycles. The molecule has 0 unspecified atom stereocenters. The zero-order chi connectivity index (χ0) is 15.0. The van der Waals surface area contributed by atoms with E-state index < -0.39 is 10.0 Å². The molecule has 0 amide bonds. The van der Waals surface area contributed by atoms with Crippen LogP contribution in [0.4, 0.5) is 0 Å². The lowest BCUT2D eigenvalue weighted by atomic mass is 9.82. The first-order valence-corrected chi connectivity index (χ1v) is 8.33. The molecule has 1 aliphatic carbocycles. The minimum atomic E-state index is -3.69. The van der Waals surface area contributed by atoms with Gasteiger partial charge >= 0.3 is 0 Å². The number of nitrogens with zero attached hydrogens (tertiary/aromatic N) is 3. The standard InChI is InChI=1S/C13H17N5O2S/c14-8-12-13(9-2-1-3-9)18(17-16-12)10-4-6-11(7-5-10)21(15,19)20/h4-7,9H,1-3,8,14H2,(H2,15,19,20). The maximum Gasteiger partial charge on any atom is 0.238 e. The second kappa shape index (κ2) is 5.21. The molecule has 4 N–H and O–H groups in total. The minimum Gasteiger partial charge on any atom is -0.325 e. The summed E-state index contributed by atoms with van der Waals surface area (Å²) in [4.78, 5) is 0.0793. The van der Waals surface area contributed by atoms with Crippen molar-refractivity contribution < 1.29 is 8.42 Å². The first-order valence-electron chi connectivity index (χ1n) is 6.78. The molecule has 7 nitrogen and oxygen atoms in total. The number of hydrogen-bond donors (Lipinski definition) is 2. The average Bonchev–Trinajstić information content (AvgIpc) is 2.79. The molecule has 0 bridgehead atoms. The van der Waals surface area contributed by atoms with Gasteiger partial charge < -0.3 is 5.73 Å². The molecule has 0 saturated heterocycles. The lowest BCUT2D eigenvalue weighted by Gasteiger charge is -2.26. The third-order valence-electron chi connectivity index (χ3n) is 3.87. The van der Waals surface area contributed by atoms with Crippen LogP contribution in [0.25, 0.3) is 5.69 Å². The molecular formula is C13H17N5O2S. The molecule has 1 aromatic heterocycles. The minimum absolute atomic E-state index is 0.0793. The third kappa shape index (κ3) is 2.57. The Morgan fingerprint density at radius 2 is 1.90 bits per heavy atom. The van der Waals surface area contributed by atoms with E-state index in [1.807, 2.05) is 0 Å². The SMILES string of the molecule is NCc1nnn(-c2ccc(S(N)(=O)=O)cc2)c1C1CCC1. The molecule has 1 saturated carbocycles. The van der Waals surface area contributed by atoms with E-state index in [2.05, 4.69) is 10.3 Å². The topological polar surface area (TPSA) is 117 Å². The highest BCUT2D eigenvalue weighted by molar-refractivity contribution is 7.89. The summed E-state index contributed by atoms with van der Waals surface area (Å²) >= 11 is 0. The van der Waals surface area contributed by atoms with E-state index in [-0.39, 0.29) is 4.90 Å². The number of nitrogens with two attached hydrogens (primary N) is 2. The number of hydrogen-bond acceptors (Lipinski definition) is 5. The summed E-state index contributed by atoms with van der Waals surface area (Å²) in [6.45, 7) is 0.348. The van der Waals surface area contributed by atoms with E-state index in [9.17, 15) is 8.42 Å². The van der Waals surface area contributed by atoms with Crippen LogP contribution in [-0.2, 0) is 16.6 Å². The molecule has 21 heavy (non-hydrogen) atoms. The number of sulfonamides is 1. The molecule has 1 fully saturated rings. The quantitative estimate of drug-likeness (QED) is 0.859. The van der Waals surface area contributed by atoms with Crippen LogP contribution in [0.15, 0.2) is 29.2 Å². The smallest absolute Gasteiger partial charge is 0.238 e. The second-order valence-corrected chi connectivity index (χ2v) is 6.77. The molecule has 0 atom stereocenters. The predicted octanol–water partition coefficient (Wildman–Crippen LogP) is 0.641. The van der Waals surface area contributed by atoms with E-state index >= 15 is 0 Å². The van der Waals surface area contributed by atoms with E-state index in [1.165, 1.54) is 18.6 Å². The van der Waals surface area contributed by atoms with Crippen molar-refractivity contribution in [2.24, 2.45) is 10.9 Å². The zero-order valence-electron chi connectivity index (χ0n) is 11.4. The normalized spacial score (nSPS) is 15.9. The number of aromatic nitrogens is 3. The van der Waals surface area contributed by atoms with Crippen LogP contribution in [0, 0.1) is 0 Å². The molecule has 2 aromatic rings. The van der Waals surface area contributed by atoms with Crippen molar-refractivity contribution in [1.29, 1.82) is 0 Å². The van der Waals surface area contributed by atoms with Gasteiger partial charge in [-0.3, -0.25) is 0 Å². The number of primary sulfonamides is 1. The summed E-state index contributed by atoms with van der Waals surface area (Å²) in [6, 6.07) is 6.30. The summed E-state index contributed by atoms with van der Waals surface area (Å²) < 4.78 is 24.3. The Bertz CT molecular complexity index is 747. The molecule has 1 aliphatic rings. The summed E-state index contributed by atoms with van der Waals surface area (Å²) in [5, 5.41) is 13.4. The molecule has 0 aliphatic heterocycles. The average molecular weight is 307 g/mol. The van der Waals surface area contributed by atoms with Gasteiger partial charge in [0.25, 0.3) is 0 Å². The lowest BCUT2D eigenvalue weighted by molar-refractivity contribution is 0.401. The number of benzene rings is 1. The Kier molecular flexibility index (Phi) is 3.52. The van der Waals surface area contributed by atoms with Gasteiger partial charge in [0.2, 0.25) is 10.0 Å². The van der Waals surface area contributed by atoms with Crippen LogP contribution in [-0.4, -0.2) is 23.4 Å². The maximum atomic E-state index is 11.3. The molecular weight excluding hydrogens is 290 g/mol. The van der Waals surface area contributed by atoms with E-state index in [0.717, 1.165) is 29.9 Å². The van der Waals surface area contributed by atoms with Crippen LogP contribution in [0.1, 0.15) is 36.6 Å². The third-order valence-corrected chi connectivity index (χ3v) is 4.80. The largest absolute Gasteiger partial charge is 0.325 e. The van der Waals surface area contributed by atoms with Crippen LogP contribution < -0.4 is 10.9 Å². The first-order chi connectivity index (χ1) is 10.0. The van der Waals surface area contributed by atoms with Gasteiger partial charge in [-0.25, -0.2) is 18.2 Å². The predicted molar refractivity (Wildman–Crippen MR) is 77.2 cm³/mol. The molecule has 8 heteroatoms. The maximum absolute atomic E-state index is 11.3. The van der Waals surface area contributed by atoms with Gasteiger partial charge in [0, 0.05) is 12.5 Å². The van der Waals surface area contributed by atoms with Gasteiger partial charge in [0.15, 0.2) is 0 Å². The van der Waals surface area contributed by atoms with Crippen LogP contribution in [0.2, 0.25) is 0 Å². The summed E-state index contributed by atoms with van der Waals surface area (Å²) in [5.41, 5.74) is 8.32. The fraction of sp³-hybridized carbons (Fsp3) is 0.385. The first kappa shape index (κ1) is 14.2. The highest BCUT2D eigenvalue weighted by Gasteiger charge is 2.27. The van der Waals surface area contributed by atoms with Crippen molar-refractivity contribution in [2.45, 2.75) is 36.6 Å². The van der Waals surface area contributed by atoms with E-state index in [4.69, 9.17) is 10.9 Å². The van der Waals surface area contributed by atoms with Crippen LogP contribution in [0.5, 0.6) is 0 Å². The Morgan fingerprint density at radius 3 is 2.38 bits per heavy atom. The molecule has 112 valence electrons. The van der Waals surface area contributed by atoms with Crippen molar-refractivity contribution >= 4 is 10.0 Å². The summed E-state index contributed by atoms with van der Waals surface area (Å²) in [7, 11) is -3.69. The van der Waals surface area contributed by atoms with Crippen LogP contribution in [0.3, 0.4) is 0 Å². The van der Waals surface area contributed by atoms with Crippen molar-refractivity contribution in [3.8, 4) is 5.69 Å². The lowest BCUT2D eigenvalue weighted by Crippen LogP contribution is -2.17. The van der Waals surface area contributed by atoms with Crippen molar-refractivity contribution in [2.75, 3.05) is 0 Å². The van der Waals surface area contributed by atoms with Crippen LogP contribution >= 0.6 is 0 Å². The van der Waals surface area contributed by atoms with Crippen molar-refractivity contribution in [3.05, 3.63) is 35.7 Å². The Morgan fingerprint density at radius 1 is 1.24 bits per heavy atom. The van der Waals surface area contributed by atoms with E-state index in [1.54, 1.807) is 16.8 Å². The fourth-order valence-corrected chi connectivity index (χ4v) is 3.04. The molecule has 1 heterocycles. The Balaban J connectivity index is 2.02. The van der Waals surface area contributed by atoms with Gasteiger partial charge in [-0.1, -0.05) is 11.6 Å². The monoisotopic (exact) mass is 307 g/mol. The second-order valence-electron chi connectivity index (χ2n) is 5.20. The fourth-order valence-electron chi connectivity index (χ4n) is 2.52. The highest BCUT2D eigenvalue weighted by Crippen LogP contribution is 2.38. The molecule has 3 rings (SSSR count). The van der Waals surface area contributed by atoms with E-state index in [0.29, 0.717) is 12.5 Å². The van der Waals surface area contributed by atoms with Gasteiger partial charge in [0.05, 0.1) is 16.3 Å².